The van der Waals surface area contributed by atoms with Crippen LogP contribution in [0.5, 0.6) is 0 Å². The summed E-state index contributed by atoms with van der Waals surface area (Å²) in [6, 6.07) is 31.1. The third kappa shape index (κ3) is 3.00. The van der Waals surface area contributed by atoms with Crippen molar-refractivity contribution in [2.75, 3.05) is 5.32 Å². The van der Waals surface area contributed by atoms with E-state index >= 15 is 0 Å². The van der Waals surface area contributed by atoms with Crippen LogP contribution in [0.4, 0.5) is 11.4 Å². The Kier molecular flexibility index (Phi) is 4.33. The minimum absolute atomic E-state index is 0.0212. The van der Waals surface area contributed by atoms with Crippen molar-refractivity contribution in [3.05, 3.63) is 113 Å². The Labute approximate surface area is 190 Å². The molecular formula is C31H27N. The van der Waals surface area contributed by atoms with Crippen LogP contribution in [0.3, 0.4) is 0 Å². The lowest BCUT2D eigenvalue weighted by Gasteiger charge is -2.22. The SMILES string of the molecule is CC1(C)c2ccccc2-c2ccc(Nc3ccc(-c4cccc5c4C=CCC5)cc3)cc21. The normalized spacial score (nSPS) is 15.1. The third-order valence-electron chi connectivity index (χ3n) is 7.13. The number of aryl methyl sites for hydroxylation is 1. The molecule has 2 aliphatic carbocycles. The summed E-state index contributed by atoms with van der Waals surface area (Å²) in [5.74, 6) is 0. The second kappa shape index (κ2) is 7.24. The maximum absolute atomic E-state index is 3.63. The van der Waals surface area contributed by atoms with Gasteiger partial charge in [-0.1, -0.05) is 86.7 Å². The number of fused-ring (bicyclic) bond motifs is 4. The Hall–Kier alpha value is -3.58. The van der Waals surface area contributed by atoms with Gasteiger partial charge in [0.25, 0.3) is 0 Å². The largest absolute Gasteiger partial charge is 0.356 e. The molecular weight excluding hydrogens is 386 g/mol. The molecule has 0 saturated heterocycles. The summed E-state index contributed by atoms with van der Waals surface area (Å²) in [5, 5.41) is 3.63. The molecule has 0 bridgehead atoms. The second-order valence-electron chi connectivity index (χ2n) is 9.45. The smallest absolute Gasteiger partial charge is 0.0387 e. The van der Waals surface area contributed by atoms with Crippen molar-refractivity contribution in [2.45, 2.75) is 32.1 Å². The number of anilines is 2. The van der Waals surface area contributed by atoms with Crippen LogP contribution in [-0.4, -0.2) is 0 Å². The molecule has 0 spiro atoms. The van der Waals surface area contributed by atoms with Gasteiger partial charge in [0.15, 0.2) is 0 Å². The summed E-state index contributed by atoms with van der Waals surface area (Å²) in [4.78, 5) is 0. The summed E-state index contributed by atoms with van der Waals surface area (Å²) < 4.78 is 0. The van der Waals surface area contributed by atoms with Crippen LogP contribution in [0, 0.1) is 0 Å². The van der Waals surface area contributed by atoms with E-state index in [0.29, 0.717) is 0 Å². The molecule has 6 rings (SSSR count). The molecule has 0 heterocycles. The van der Waals surface area contributed by atoms with E-state index < -0.39 is 0 Å². The number of hydrogen-bond donors (Lipinski definition) is 1. The monoisotopic (exact) mass is 413 g/mol. The first kappa shape index (κ1) is 19.1. The minimum atomic E-state index is 0.0212. The van der Waals surface area contributed by atoms with Crippen molar-refractivity contribution in [3.8, 4) is 22.3 Å². The number of hydrogen-bond acceptors (Lipinski definition) is 1. The van der Waals surface area contributed by atoms with E-state index in [1.807, 2.05) is 0 Å². The molecule has 32 heavy (non-hydrogen) atoms. The third-order valence-corrected chi connectivity index (χ3v) is 7.13. The molecule has 0 unspecified atom stereocenters. The summed E-state index contributed by atoms with van der Waals surface area (Å²) >= 11 is 0. The molecule has 1 N–H and O–H groups in total. The highest BCUT2D eigenvalue weighted by Gasteiger charge is 2.35. The highest BCUT2D eigenvalue weighted by Crippen LogP contribution is 2.49. The zero-order valence-electron chi connectivity index (χ0n) is 18.7. The fourth-order valence-electron chi connectivity index (χ4n) is 5.40. The Balaban J connectivity index is 1.29. The van der Waals surface area contributed by atoms with Crippen LogP contribution in [0.2, 0.25) is 0 Å². The van der Waals surface area contributed by atoms with Crippen molar-refractivity contribution in [2.24, 2.45) is 0 Å². The lowest BCUT2D eigenvalue weighted by molar-refractivity contribution is 0.660. The van der Waals surface area contributed by atoms with Crippen molar-refractivity contribution in [3.63, 3.8) is 0 Å². The summed E-state index contributed by atoms with van der Waals surface area (Å²) in [6.07, 6.45) is 6.85. The summed E-state index contributed by atoms with van der Waals surface area (Å²) in [5.41, 5.74) is 13.2. The molecule has 4 aromatic rings. The van der Waals surface area contributed by atoms with Gasteiger partial charge in [-0.2, -0.15) is 0 Å². The standard InChI is InChI=1S/C31H27N/c1-31(2)29-13-6-5-11-27(29)28-19-18-24(20-30(28)31)32-23-16-14-22(15-17-23)26-12-7-9-21-8-3-4-10-25(21)26/h4-7,9-20,32H,3,8H2,1-2H3. The molecule has 2 aliphatic rings. The Bertz CT molecular complexity index is 1360. The fourth-order valence-corrected chi connectivity index (χ4v) is 5.40. The van der Waals surface area contributed by atoms with E-state index in [0.717, 1.165) is 24.2 Å². The zero-order valence-corrected chi connectivity index (χ0v) is 18.7. The first-order chi connectivity index (χ1) is 15.6. The minimum Gasteiger partial charge on any atom is -0.356 e. The van der Waals surface area contributed by atoms with E-state index in [4.69, 9.17) is 0 Å². The molecule has 0 amide bonds. The Morgan fingerprint density at radius 2 is 1.44 bits per heavy atom. The molecule has 0 aromatic heterocycles. The van der Waals surface area contributed by atoms with Gasteiger partial charge in [0.1, 0.15) is 0 Å². The van der Waals surface area contributed by atoms with Crippen LogP contribution < -0.4 is 5.32 Å². The first-order valence-corrected chi connectivity index (χ1v) is 11.5. The van der Waals surface area contributed by atoms with Gasteiger partial charge < -0.3 is 5.32 Å². The molecule has 1 heteroatoms. The van der Waals surface area contributed by atoms with Crippen molar-refractivity contribution in [1.29, 1.82) is 0 Å². The van der Waals surface area contributed by atoms with Crippen LogP contribution in [0.15, 0.2) is 91.0 Å². The number of allylic oxidation sites excluding steroid dienone is 1. The summed E-state index contributed by atoms with van der Waals surface area (Å²) in [7, 11) is 0. The van der Waals surface area contributed by atoms with Gasteiger partial charge >= 0.3 is 0 Å². The number of nitrogens with one attached hydrogen (secondary N) is 1. The Morgan fingerprint density at radius 3 is 2.31 bits per heavy atom. The molecule has 0 radical (unpaired) electrons. The van der Waals surface area contributed by atoms with Crippen LogP contribution in [-0.2, 0) is 11.8 Å². The lowest BCUT2D eigenvalue weighted by Crippen LogP contribution is -2.15. The maximum Gasteiger partial charge on any atom is 0.0387 e. The average Bonchev–Trinajstić information content (AvgIpc) is 3.06. The topological polar surface area (TPSA) is 12.0 Å². The van der Waals surface area contributed by atoms with E-state index in [1.165, 1.54) is 44.5 Å². The van der Waals surface area contributed by atoms with E-state index in [9.17, 15) is 0 Å². The van der Waals surface area contributed by atoms with Gasteiger partial charge in [-0.05, 0) is 81.6 Å². The Morgan fingerprint density at radius 1 is 0.688 bits per heavy atom. The molecule has 0 atom stereocenters. The first-order valence-electron chi connectivity index (χ1n) is 11.5. The van der Waals surface area contributed by atoms with Crippen LogP contribution >= 0.6 is 0 Å². The van der Waals surface area contributed by atoms with Gasteiger partial charge in [-0.15, -0.1) is 0 Å². The van der Waals surface area contributed by atoms with Crippen molar-refractivity contribution in [1.82, 2.24) is 0 Å². The van der Waals surface area contributed by atoms with Gasteiger partial charge in [-0.3, -0.25) is 0 Å². The molecule has 4 aromatic carbocycles. The number of benzene rings is 4. The highest BCUT2D eigenvalue weighted by atomic mass is 14.9. The van der Waals surface area contributed by atoms with Crippen LogP contribution in [0.25, 0.3) is 28.3 Å². The highest BCUT2D eigenvalue weighted by molar-refractivity contribution is 5.83. The maximum atomic E-state index is 3.63. The van der Waals surface area contributed by atoms with Gasteiger partial charge in [0, 0.05) is 16.8 Å². The molecule has 0 saturated carbocycles. The van der Waals surface area contributed by atoms with Gasteiger partial charge in [0.2, 0.25) is 0 Å². The summed E-state index contributed by atoms with van der Waals surface area (Å²) in [6.45, 7) is 4.65. The predicted octanol–water partition coefficient (Wildman–Crippen LogP) is 8.36. The molecule has 156 valence electrons. The van der Waals surface area contributed by atoms with E-state index in [2.05, 4.69) is 116 Å². The molecule has 0 fully saturated rings. The number of rotatable bonds is 3. The van der Waals surface area contributed by atoms with E-state index in [1.54, 1.807) is 0 Å². The van der Waals surface area contributed by atoms with E-state index in [-0.39, 0.29) is 5.41 Å². The van der Waals surface area contributed by atoms with Crippen molar-refractivity contribution >= 4 is 17.5 Å². The van der Waals surface area contributed by atoms with Crippen LogP contribution in [0.1, 0.15) is 42.5 Å². The fraction of sp³-hybridized carbons (Fsp3) is 0.161. The molecule has 0 aliphatic heterocycles. The van der Waals surface area contributed by atoms with Gasteiger partial charge in [-0.25, -0.2) is 0 Å². The average molecular weight is 414 g/mol. The predicted molar refractivity (Wildman–Crippen MR) is 137 cm³/mol. The van der Waals surface area contributed by atoms with Gasteiger partial charge in [0.05, 0.1) is 0 Å². The zero-order chi connectivity index (χ0) is 21.7. The molecule has 1 nitrogen and oxygen atoms in total. The quantitative estimate of drug-likeness (QED) is 0.356. The lowest BCUT2D eigenvalue weighted by atomic mass is 9.82. The van der Waals surface area contributed by atoms with Crippen molar-refractivity contribution < 1.29 is 0 Å². The second-order valence-corrected chi connectivity index (χ2v) is 9.45.